The summed E-state index contributed by atoms with van der Waals surface area (Å²) in [7, 11) is 1.59. The lowest BCUT2D eigenvalue weighted by molar-refractivity contribution is 0.0980. The van der Waals surface area contributed by atoms with Crippen molar-refractivity contribution in [1.29, 1.82) is 0 Å². The molecule has 0 radical (unpaired) electrons. The first kappa shape index (κ1) is 12.5. The summed E-state index contributed by atoms with van der Waals surface area (Å²) >= 11 is 0. The van der Waals surface area contributed by atoms with Crippen LogP contribution in [0.4, 0.5) is 11.4 Å². The van der Waals surface area contributed by atoms with Gasteiger partial charge in [0.15, 0.2) is 0 Å². The molecular weight excluding hydrogens is 252 g/mol. The Morgan fingerprint density at radius 2 is 2.00 bits per heavy atom. The van der Waals surface area contributed by atoms with Gasteiger partial charge in [-0.25, -0.2) is 0 Å². The van der Waals surface area contributed by atoms with Crippen molar-refractivity contribution in [1.82, 2.24) is 0 Å². The van der Waals surface area contributed by atoms with Crippen molar-refractivity contribution < 1.29 is 9.53 Å². The summed E-state index contributed by atoms with van der Waals surface area (Å²) in [6.07, 6.45) is 0.833. The van der Waals surface area contributed by atoms with Gasteiger partial charge in [0.2, 0.25) is 0 Å². The predicted octanol–water partition coefficient (Wildman–Crippen LogP) is 2.48. The van der Waals surface area contributed by atoms with Gasteiger partial charge < -0.3 is 15.4 Å². The van der Waals surface area contributed by atoms with E-state index in [0.29, 0.717) is 18.0 Å². The normalized spacial score (nSPS) is 14.1. The predicted molar refractivity (Wildman–Crippen MR) is 79.2 cm³/mol. The first-order chi connectivity index (χ1) is 9.70. The summed E-state index contributed by atoms with van der Waals surface area (Å²) in [4.78, 5) is 14.4. The van der Waals surface area contributed by atoms with E-state index in [1.54, 1.807) is 30.2 Å². The zero-order valence-corrected chi connectivity index (χ0v) is 11.3. The second kappa shape index (κ2) is 4.89. The van der Waals surface area contributed by atoms with Gasteiger partial charge in [0, 0.05) is 17.8 Å². The Morgan fingerprint density at radius 1 is 1.20 bits per heavy atom. The van der Waals surface area contributed by atoms with Crippen LogP contribution in [0.25, 0.3) is 0 Å². The van der Waals surface area contributed by atoms with Crippen LogP contribution in [0, 0.1) is 0 Å². The molecule has 0 unspecified atom stereocenters. The van der Waals surface area contributed by atoms with Crippen LogP contribution >= 0.6 is 0 Å². The molecule has 0 bridgehead atoms. The Hall–Kier alpha value is -2.49. The smallest absolute Gasteiger partial charge is 0.258 e. The number of nitrogen functional groups attached to an aromatic ring is 1. The SMILES string of the molecule is COc1ccc(N)cc1N1CCc2ccccc2C1=O. The van der Waals surface area contributed by atoms with E-state index >= 15 is 0 Å². The molecule has 20 heavy (non-hydrogen) atoms. The summed E-state index contributed by atoms with van der Waals surface area (Å²) in [5.41, 5.74) is 9.03. The number of anilines is 2. The standard InChI is InChI=1S/C16H16N2O2/c1-20-15-7-6-12(17)10-14(15)18-9-8-11-4-2-3-5-13(11)16(18)19/h2-7,10H,8-9,17H2,1H3. The molecule has 2 aromatic carbocycles. The van der Waals surface area contributed by atoms with Crippen molar-refractivity contribution in [2.45, 2.75) is 6.42 Å². The van der Waals surface area contributed by atoms with Crippen molar-refractivity contribution in [2.75, 3.05) is 24.3 Å². The second-order valence-corrected chi connectivity index (χ2v) is 4.80. The van der Waals surface area contributed by atoms with Crippen LogP contribution in [0.5, 0.6) is 5.75 Å². The molecule has 0 aliphatic carbocycles. The molecule has 0 aromatic heterocycles. The number of benzene rings is 2. The zero-order valence-electron chi connectivity index (χ0n) is 11.3. The molecule has 102 valence electrons. The number of nitrogens with zero attached hydrogens (tertiary/aromatic N) is 1. The van der Waals surface area contributed by atoms with Gasteiger partial charge >= 0.3 is 0 Å². The summed E-state index contributed by atoms with van der Waals surface area (Å²) in [5.74, 6) is 0.655. The largest absolute Gasteiger partial charge is 0.495 e. The van der Waals surface area contributed by atoms with Crippen LogP contribution in [-0.4, -0.2) is 19.6 Å². The van der Waals surface area contributed by atoms with Gasteiger partial charge in [-0.2, -0.15) is 0 Å². The quantitative estimate of drug-likeness (QED) is 0.851. The van der Waals surface area contributed by atoms with E-state index in [4.69, 9.17) is 10.5 Å². The number of carbonyl (C=O) groups excluding carboxylic acids is 1. The highest BCUT2D eigenvalue weighted by Crippen LogP contribution is 2.33. The van der Waals surface area contributed by atoms with E-state index in [1.165, 1.54) is 0 Å². The average Bonchev–Trinajstić information content (AvgIpc) is 2.48. The first-order valence-corrected chi connectivity index (χ1v) is 6.54. The third-order valence-corrected chi connectivity index (χ3v) is 3.59. The lowest BCUT2D eigenvalue weighted by Gasteiger charge is -2.29. The number of hydrogen-bond acceptors (Lipinski definition) is 3. The second-order valence-electron chi connectivity index (χ2n) is 4.80. The molecule has 1 amide bonds. The zero-order chi connectivity index (χ0) is 14.1. The first-order valence-electron chi connectivity index (χ1n) is 6.54. The Kier molecular flexibility index (Phi) is 3.06. The molecular formula is C16H16N2O2. The van der Waals surface area contributed by atoms with Crippen molar-refractivity contribution >= 4 is 17.3 Å². The number of fused-ring (bicyclic) bond motifs is 1. The Morgan fingerprint density at radius 3 is 2.80 bits per heavy atom. The van der Waals surface area contributed by atoms with Gasteiger partial charge in [-0.3, -0.25) is 4.79 Å². The van der Waals surface area contributed by atoms with Gasteiger partial charge in [-0.1, -0.05) is 18.2 Å². The average molecular weight is 268 g/mol. The highest BCUT2D eigenvalue weighted by Gasteiger charge is 2.27. The minimum Gasteiger partial charge on any atom is -0.495 e. The summed E-state index contributed by atoms with van der Waals surface area (Å²) < 4.78 is 5.34. The van der Waals surface area contributed by atoms with Gasteiger partial charge in [0.05, 0.1) is 12.8 Å². The fraction of sp³-hybridized carbons (Fsp3) is 0.188. The number of ether oxygens (including phenoxy) is 1. The van der Waals surface area contributed by atoms with E-state index < -0.39 is 0 Å². The lowest BCUT2D eigenvalue weighted by atomic mass is 9.98. The molecule has 2 aromatic rings. The van der Waals surface area contributed by atoms with E-state index in [0.717, 1.165) is 23.2 Å². The van der Waals surface area contributed by atoms with Gasteiger partial charge in [0.1, 0.15) is 5.75 Å². The van der Waals surface area contributed by atoms with Crippen molar-refractivity contribution in [3.05, 3.63) is 53.6 Å². The van der Waals surface area contributed by atoms with E-state index in [-0.39, 0.29) is 5.91 Å². The van der Waals surface area contributed by atoms with Crippen LogP contribution < -0.4 is 15.4 Å². The van der Waals surface area contributed by atoms with Gasteiger partial charge in [0.25, 0.3) is 5.91 Å². The Labute approximate surface area is 117 Å². The molecule has 3 rings (SSSR count). The highest BCUT2D eigenvalue weighted by atomic mass is 16.5. The molecule has 2 N–H and O–H groups in total. The molecule has 0 saturated carbocycles. The van der Waals surface area contributed by atoms with Crippen LogP contribution in [0.1, 0.15) is 15.9 Å². The fourth-order valence-electron chi connectivity index (χ4n) is 2.57. The number of amides is 1. The molecule has 1 aliphatic heterocycles. The molecule has 1 aliphatic rings. The van der Waals surface area contributed by atoms with Crippen molar-refractivity contribution in [3.8, 4) is 5.75 Å². The molecule has 4 nitrogen and oxygen atoms in total. The number of carbonyl (C=O) groups is 1. The fourth-order valence-corrected chi connectivity index (χ4v) is 2.57. The maximum atomic E-state index is 12.6. The molecule has 0 fully saturated rings. The van der Waals surface area contributed by atoms with Crippen molar-refractivity contribution in [2.24, 2.45) is 0 Å². The van der Waals surface area contributed by atoms with Crippen LogP contribution in [-0.2, 0) is 6.42 Å². The lowest BCUT2D eigenvalue weighted by Crippen LogP contribution is -2.37. The molecule has 0 atom stereocenters. The van der Waals surface area contributed by atoms with E-state index in [9.17, 15) is 4.79 Å². The third-order valence-electron chi connectivity index (χ3n) is 3.59. The summed E-state index contributed by atoms with van der Waals surface area (Å²) in [5, 5.41) is 0. The molecule has 0 spiro atoms. The Bertz CT molecular complexity index is 667. The summed E-state index contributed by atoms with van der Waals surface area (Å²) in [6.45, 7) is 0.635. The van der Waals surface area contributed by atoms with E-state index in [1.807, 2.05) is 24.3 Å². The van der Waals surface area contributed by atoms with Gasteiger partial charge in [-0.15, -0.1) is 0 Å². The summed E-state index contributed by atoms with van der Waals surface area (Å²) in [6, 6.07) is 13.1. The molecule has 0 saturated heterocycles. The van der Waals surface area contributed by atoms with Crippen molar-refractivity contribution in [3.63, 3.8) is 0 Å². The minimum absolute atomic E-state index is 0.00394. The topological polar surface area (TPSA) is 55.6 Å². The number of nitrogens with two attached hydrogens (primary N) is 1. The van der Waals surface area contributed by atoms with Gasteiger partial charge in [-0.05, 0) is 36.2 Å². The maximum absolute atomic E-state index is 12.6. The van der Waals surface area contributed by atoms with E-state index in [2.05, 4.69) is 0 Å². The number of methoxy groups -OCH3 is 1. The minimum atomic E-state index is -0.00394. The van der Waals surface area contributed by atoms with Crippen LogP contribution in [0.15, 0.2) is 42.5 Å². The van der Waals surface area contributed by atoms with Crippen LogP contribution in [0.3, 0.4) is 0 Å². The number of rotatable bonds is 2. The number of hydrogen-bond donors (Lipinski definition) is 1. The monoisotopic (exact) mass is 268 g/mol. The third kappa shape index (κ3) is 1.99. The molecule has 1 heterocycles. The Balaban J connectivity index is 2.05. The molecule has 4 heteroatoms. The maximum Gasteiger partial charge on any atom is 0.258 e. The highest BCUT2D eigenvalue weighted by molar-refractivity contribution is 6.09. The van der Waals surface area contributed by atoms with Crippen LogP contribution in [0.2, 0.25) is 0 Å².